The summed E-state index contributed by atoms with van der Waals surface area (Å²) in [5.74, 6) is 0.865. The minimum absolute atomic E-state index is 0.158. The molecule has 106 valence electrons. The molecule has 0 bridgehead atoms. The van der Waals surface area contributed by atoms with Crippen LogP contribution in [0.25, 0.3) is 0 Å². The first kappa shape index (κ1) is 13.1. The molecule has 5 heteroatoms. The van der Waals surface area contributed by atoms with Crippen molar-refractivity contribution >= 4 is 5.95 Å². The van der Waals surface area contributed by atoms with E-state index in [2.05, 4.69) is 14.8 Å². The van der Waals surface area contributed by atoms with Gasteiger partial charge in [-0.3, -0.25) is 4.90 Å². The molecule has 2 heterocycles. The second-order valence-electron chi connectivity index (χ2n) is 5.23. The highest BCUT2D eigenvalue weighted by Crippen LogP contribution is 2.15. The number of imidazole rings is 1. The zero-order chi connectivity index (χ0) is 13.9. The van der Waals surface area contributed by atoms with Crippen LogP contribution >= 0.6 is 0 Å². The Hall–Kier alpha value is -1.88. The molecule has 0 spiro atoms. The fourth-order valence-corrected chi connectivity index (χ4v) is 2.66. The summed E-state index contributed by atoms with van der Waals surface area (Å²) in [5, 5.41) is 0. The minimum Gasteiger partial charge on any atom is -0.340 e. The summed E-state index contributed by atoms with van der Waals surface area (Å²) in [5.41, 5.74) is 1.04. The molecule has 1 fully saturated rings. The van der Waals surface area contributed by atoms with E-state index in [9.17, 15) is 4.39 Å². The number of aromatic nitrogens is 2. The van der Waals surface area contributed by atoms with Crippen LogP contribution in [0.1, 0.15) is 5.56 Å². The molecule has 0 saturated carbocycles. The van der Waals surface area contributed by atoms with Gasteiger partial charge in [0.25, 0.3) is 0 Å². The van der Waals surface area contributed by atoms with Crippen molar-refractivity contribution in [3.05, 3.63) is 48.0 Å². The molecule has 3 rings (SSSR count). The summed E-state index contributed by atoms with van der Waals surface area (Å²) in [6.07, 6.45) is 3.79. The van der Waals surface area contributed by atoms with Crippen molar-refractivity contribution in [2.45, 2.75) is 6.54 Å². The van der Waals surface area contributed by atoms with Crippen LogP contribution < -0.4 is 4.90 Å². The van der Waals surface area contributed by atoms with Crippen molar-refractivity contribution in [2.24, 2.45) is 7.05 Å². The number of rotatable bonds is 3. The number of benzene rings is 1. The Kier molecular flexibility index (Phi) is 3.69. The highest BCUT2D eigenvalue weighted by atomic mass is 19.1. The molecule has 20 heavy (non-hydrogen) atoms. The molecule has 2 aromatic rings. The fourth-order valence-electron chi connectivity index (χ4n) is 2.66. The molecule has 0 atom stereocenters. The van der Waals surface area contributed by atoms with Gasteiger partial charge in [-0.15, -0.1) is 0 Å². The number of halogens is 1. The Morgan fingerprint density at radius 3 is 2.65 bits per heavy atom. The van der Waals surface area contributed by atoms with Crippen LogP contribution in [0, 0.1) is 5.82 Å². The third-order valence-electron chi connectivity index (χ3n) is 3.75. The van der Waals surface area contributed by atoms with Gasteiger partial charge in [-0.25, -0.2) is 9.37 Å². The van der Waals surface area contributed by atoms with Crippen molar-refractivity contribution in [3.8, 4) is 0 Å². The van der Waals surface area contributed by atoms with Crippen LogP contribution in [0.15, 0.2) is 36.7 Å². The second kappa shape index (κ2) is 5.63. The average molecular weight is 274 g/mol. The summed E-state index contributed by atoms with van der Waals surface area (Å²) < 4.78 is 15.2. The van der Waals surface area contributed by atoms with Crippen LogP contribution in [-0.4, -0.2) is 40.6 Å². The van der Waals surface area contributed by atoms with Gasteiger partial charge in [0.1, 0.15) is 5.82 Å². The first-order chi connectivity index (χ1) is 9.72. The van der Waals surface area contributed by atoms with Gasteiger partial charge in [0, 0.05) is 52.2 Å². The molecule has 1 saturated heterocycles. The van der Waals surface area contributed by atoms with Crippen LogP contribution in [0.4, 0.5) is 10.3 Å². The molecule has 1 aliphatic rings. The zero-order valence-electron chi connectivity index (χ0n) is 11.7. The van der Waals surface area contributed by atoms with E-state index in [0.29, 0.717) is 0 Å². The lowest BCUT2D eigenvalue weighted by Crippen LogP contribution is -2.46. The lowest BCUT2D eigenvalue weighted by atomic mass is 10.2. The number of anilines is 1. The first-order valence-electron chi connectivity index (χ1n) is 6.91. The molecule has 0 radical (unpaired) electrons. The smallest absolute Gasteiger partial charge is 0.205 e. The number of hydrogen-bond acceptors (Lipinski definition) is 3. The van der Waals surface area contributed by atoms with E-state index >= 15 is 0 Å². The third kappa shape index (κ3) is 2.82. The van der Waals surface area contributed by atoms with E-state index < -0.39 is 0 Å². The normalized spacial score (nSPS) is 16.6. The van der Waals surface area contributed by atoms with E-state index in [-0.39, 0.29) is 5.82 Å². The third-order valence-corrected chi connectivity index (χ3v) is 3.75. The van der Waals surface area contributed by atoms with Crippen molar-refractivity contribution in [1.82, 2.24) is 14.5 Å². The number of nitrogens with zero attached hydrogens (tertiary/aromatic N) is 4. The van der Waals surface area contributed by atoms with Crippen molar-refractivity contribution in [3.63, 3.8) is 0 Å². The SMILES string of the molecule is Cn1ccnc1N1CCN(Cc2cccc(F)c2)CC1. The number of piperazine rings is 1. The molecule has 1 aromatic heterocycles. The van der Waals surface area contributed by atoms with Crippen LogP contribution in [0.3, 0.4) is 0 Å². The van der Waals surface area contributed by atoms with E-state index in [1.165, 1.54) is 6.07 Å². The monoisotopic (exact) mass is 274 g/mol. The predicted molar refractivity (Wildman–Crippen MR) is 77.1 cm³/mol. The van der Waals surface area contributed by atoms with Crippen molar-refractivity contribution in [2.75, 3.05) is 31.1 Å². The topological polar surface area (TPSA) is 24.3 Å². The van der Waals surface area contributed by atoms with Gasteiger partial charge in [0.15, 0.2) is 0 Å². The van der Waals surface area contributed by atoms with Gasteiger partial charge in [0.05, 0.1) is 0 Å². The van der Waals surface area contributed by atoms with Gasteiger partial charge in [-0.05, 0) is 17.7 Å². The summed E-state index contributed by atoms with van der Waals surface area (Å²) in [4.78, 5) is 9.03. The van der Waals surface area contributed by atoms with Gasteiger partial charge < -0.3 is 9.47 Å². The largest absolute Gasteiger partial charge is 0.340 e. The maximum atomic E-state index is 13.2. The second-order valence-corrected chi connectivity index (χ2v) is 5.23. The van der Waals surface area contributed by atoms with Crippen LogP contribution in [0.5, 0.6) is 0 Å². The minimum atomic E-state index is -0.158. The molecular weight excluding hydrogens is 255 g/mol. The van der Waals surface area contributed by atoms with Crippen LogP contribution in [-0.2, 0) is 13.6 Å². The summed E-state index contributed by atoms with van der Waals surface area (Å²) >= 11 is 0. The molecule has 1 aliphatic heterocycles. The summed E-state index contributed by atoms with van der Waals surface area (Å²) in [6.45, 7) is 4.68. The Bertz CT molecular complexity index is 573. The van der Waals surface area contributed by atoms with E-state index in [1.807, 2.05) is 30.1 Å². The van der Waals surface area contributed by atoms with Crippen molar-refractivity contribution < 1.29 is 4.39 Å². The Balaban J connectivity index is 1.58. The van der Waals surface area contributed by atoms with Gasteiger partial charge in [-0.1, -0.05) is 12.1 Å². The fraction of sp³-hybridized carbons (Fsp3) is 0.400. The highest BCUT2D eigenvalue weighted by Gasteiger charge is 2.19. The molecule has 0 unspecified atom stereocenters. The van der Waals surface area contributed by atoms with Gasteiger partial charge in [0.2, 0.25) is 5.95 Å². The molecule has 0 N–H and O–H groups in total. The molecule has 0 amide bonds. The Morgan fingerprint density at radius 2 is 2.00 bits per heavy atom. The summed E-state index contributed by atoms with van der Waals surface area (Å²) in [6, 6.07) is 6.86. The predicted octanol–water partition coefficient (Wildman–Crippen LogP) is 1.88. The average Bonchev–Trinajstić information content (AvgIpc) is 2.86. The lowest BCUT2D eigenvalue weighted by molar-refractivity contribution is 0.248. The highest BCUT2D eigenvalue weighted by molar-refractivity contribution is 5.31. The Labute approximate surface area is 118 Å². The van der Waals surface area contributed by atoms with Gasteiger partial charge in [-0.2, -0.15) is 0 Å². The Morgan fingerprint density at radius 1 is 1.20 bits per heavy atom. The molecular formula is C15H19FN4. The number of aryl methyl sites for hydroxylation is 1. The van der Waals surface area contributed by atoms with E-state index in [4.69, 9.17) is 0 Å². The number of hydrogen-bond donors (Lipinski definition) is 0. The molecule has 0 aliphatic carbocycles. The quantitative estimate of drug-likeness (QED) is 0.854. The maximum Gasteiger partial charge on any atom is 0.205 e. The molecule has 4 nitrogen and oxygen atoms in total. The van der Waals surface area contributed by atoms with Crippen LogP contribution in [0.2, 0.25) is 0 Å². The zero-order valence-corrected chi connectivity index (χ0v) is 11.7. The first-order valence-corrected chi connectivity index (χ1v) is 6.91. The summed E-state index contributed by atoms with van der Waals surface area (Å²) in [7, 11) is 2.02. The maximum absolute atomic E-state index is 13.2. The van der Waals surface area contributed by atoms with Crippen molar-refractivity contribution in [1.29, 1.82) is 0 Å². The standard InChI is InChI=1S/C15H19FN4/c1-18-6-5-17-15(18)20-9-7-19(8-10-20)12-13-3-2-4-14(16)11-13/h2-6,11H,7-10,12H2,1H3. The molecule has 1 aromatic carbocycles. The van der Waals surface area contributed by atoms with E-state index in [1.54, 1.807) is 12.1 Å². The van der Waals surface area contributed by atoms with E-state index in [0.717, 1.165) is 44.2 Å². The van der Waals surface area contributed by atoms with Gasteiger partial charge >= 0.3 is 0 Å². The lowest BCUT2D eigenvalue weighted by Gasteiger charge is -2.35.